The molecule has 3 N–H and O–H groups in total. The number of aliphatic hydroxyl groups is 1. The summed E-state index contributed by atoms with van der Waals surface area (Å²) in [5.74, 6) is 0.0724. The van der Waals surface area contributed by atoms with Crippen molar-refractivity contribution in [3.8, 4) is 0 Å². The highest BCUT2D eigenvalue weighted by Gasteiger charge is 2.53. The molecule has 0 aromatic rings. The first-order chi connectivity index (χ1) is 14.2. The first-order valence-electron chi connectivity index (χ1n) is 11.8. The predicted octanol–water partition coefficient (Wildman–Crippen LogP) is 1.40. The van der Waals surface area contributed by atoms with E-state index >= 15 is 0 Å². The van der Waals surface area contributed by atoms with Gasteiger partial charge in [-0.2, -0.15) is 0 Å². The first kappa shape index (κ1) is 23.5. The van der Waals surface area contributed by atoms with Gasteiger partial charge in [-0.1, -0.05) is 20.8 Å². The van der Waals surface area contributed by atoms with Crippen LogP contribution in [0.2, 0.25) is 0 Å². The summed E-state index contributed by atoms with van der Waals surface area (Å²) in [6.07, 6.45) is 3.36. The largest absolute Gasteiger partial charge is 0.392 e. The van der Waals surface area contributed by atoms with Crippen molar-refractivity contribution in [2.24, 2.45) is 29.1 Å². The fraction of sp³-hybridized carbons (Fsp3) is 0.913. The van der Waals surface area contributed by atoms with Crippen LogP contribution in [-0.4, -0.2) is 73.4 Å². The topological polar surface area (TPSA) is 90.9 Å². The van der Waals surface area contributed by atoms with Crippen molar-refractivity contribution in [1.82, 2.24) is 15.5 Å². The van der Waals surface area contributed by atoms with Gasteiger partial charge in [-0.3, -0.25) is 14.5 Å². The molecule has 7 unspecified atom stereocenters. The fourth-order valence-corrected chi connectivity index (χ4v) is 6.28. The quantitative estimate of drug-likeness (QED) is 0.601. The highest BCUT2D eigenvalue weighted by atomic mass is 16.5. The maximum atomic E-state index is 12.8. The average Bonchev–Trinajstić information content (AvgIpc) is 2.70. The summed E-state index contributed by atoms with van der Waals surface area (Å²) in [4.78, 5) is 26.8. The second kappa shape index (κ2) is 9.96. The van der Waals surface area contributed by atoms with Crippen LogP contribution < -0.4 is 10.6 Å². The van der Waals surface area contributed by atoms with Crippen LogP contribution in [0.15, 0.2) is 0 Å². The van der Waals surface area contributed by atoms with Crippen molar-refractivity contribution in [3.63, 3.8) is 0 Å². The van der Waals surface area contributed by atoms with E-state index in [0.29, 0.717) is 6.54 Å². The average molecular weight is 424 g/mol. The number of fused-ring (bicyclic) bond motifs is 1. The van der Waals surface area contributed by atoms with Crippen molar-refractivity contribution in [2.45, 2.75) is 65.5 Å². The lowest BCUT2D eigenvalue weighted by Gasteiger charge is -2.56. The number of hydrogen-bond donors (Lipinski definition) is 3. The molecule has 3 fully saturated rings. The molecule has 0 radical (unpaired) electrons. The molecule has 0 aromatic carbocycles. The van der Waals surface area contributed by atoms with Gasteiger partial charge in [-0.15, -0.1) is 0 Å². The number of nitrogens with one attached hydrogen (secondary N) is 2. The number of amides is 2. The van der Waals surface area contributed by atoms with E-state index in [2.05, 4.69) is 29.4 Å². The van der Waals surface area contributed by atoms with E-state index in [4.69, 9.17) is 4.74 Å². The number of aliphatic hydroxyl groups excluding tert-OH is 1. The van der Waals surface area contributed by atoms with Crippen molar-refractivity contribution in [1.29, 1.82) is 0 Å². The third-order valence-corrected chi connectivity index (χ3v) is 8.16. The smallest absolute Gasteiger partial charge is 0.223 e. The van der Waals surface area contributed by atoms with E-state index in [9.17, 15) is 14.7 Å². The molecule has 0 spiro atoms. The van der Waals surface area contributed by atoms with Crippen LogP contribution in [0, 0.1) is 29.1 Å². The Morgan fingerprint density at radius 2 is 1.90 bits per heavy atom. The third kappa shape index (κ3) is 5.17. The molecule has 1 saturated heterocycles. The van der Waals surface area contributed by atoms with Gasteiger partial charge >= 0.3 is 0 Å². The minimum atomic E-state index is -0.518. The molecular weight excluding hydrogens is 382 g/mol. The third-order valence-electron chi connectivity index (χ3n) is 8.16. The van der Waals surface area contributed by atoms with Gasteiger partial charge in [-0.25, -0.2) is 0 Å². The Morgan fingerprint density at radius 3 is 2.57 bits per heavy atom. The number of rotatable bonds is 6. The molecule has 172 valence electrons. The lowest BCUT2D eigenvalue weighted by molar-refractivity contribution is -0.143. The SMILES string of the molecule is CC(=O)NC1CCC2(C)CCC(C(C)C(=O)NCCN3CCOCC3)C(O)C2C1C. The molecule has 3 aliphatic rings. The lowest BCUT2D eigenvalue weighted by Crippen LogP contribution is -2.58. The summed E-state index contributed by atoms with van der Waals surface area (Å²) >= 11 is 0. The lowest BCUT2D eigenvalue weighted by atomic mass is 9.51. The Bertz CT molecular complexity index is 609. The van der Waals surface area contributed by atoms with Crippen LogP contribution in [0.1, 0.15) is 53.4 Å². The standard InChI is InChI=1S/C23H41N3O4/c1-15(22(29)24-9-10-26-11-13-30-14-12-26)18-5-7-23(4)8-6-19(25-17(3)27)16(2)20(23)21(18)28/h15-16,18-21,28H,5-14H2,1-4H3,(H,24,29)(H,25,27). The zero-order valence-electron chi connectivity index (χ0n) is 19.2. The van der Waals surface area contributed by atoms with E-state index in [1.54, 1.807) is 6.92 Å². The van der Waals surface area contributed by atoms with Crippen LogP contribution in [0.5, 0.6) is 0 Å². The highest BCUT2D eigenvalue weighted by Crippen LogP contribution is 2.55. The van der Waals surface area contributed by atoms with Gasteiger partial charge in [0.1, 0.15) is 0 Å². The molecule has 3 rings (SSSR count). The Labute approximate surface area is 181 Å². The van der Waals surface area contributed by atoms with Gasteiger partial charge in [0.25, 0.3) is 0 Å². The van der Waals surface area contributed by atoms with Gasteiger partial charge in [0, 0.05) is 45.1 Å². The maximum Gasteiger partial charge on any atom is 0.223 e. The molecule has 7 atom stereocenters. The van der Waals surface area contributed by atoms with Crippen LogP contribution in [0.25, 0.3) is 0 Å². The summed E-state index contributed by atoms with van der Waals surface area (Å²) < 4.78 is 5.37. The van der Waals surface area contributed by atoms with Crippen LogP contribution in [0.4, 0.5) is 0 Å². The fourth-order valence-electron chi connectivity index (χ4n) is 6.28. The van der Waals surface area contributed by atoms with Gasteiger partial charge in [-0.05, 0) is 48.9 Å². The number of ether oxygens (including phenoxy) is 1. The van der Waals surface area contributed by atoms with Crippen molar-refractivity contribution in [2.75, 3.05) is 39.4 Å². The maximum absolute atomic E-state index is 12.8. The number of carbonyl (C=O) groups excluding carboxylic acids is 2. The normalized spacial score (nSPS) is 38.4. The Morgan fingerprint density at radius 1 is 1.23 bits per heavy atom. The molecule has 30 heavy (non-hydrogen) atoms. The monoisotopic (exact) mass is 423 g/mol. The van der Waals surface area contributed by atoms with Crippen molar-refractivity contribution in [3.05, 3.63) is 0 Å². The minimum Gasteiger partial charge on any atom is -0.392 e. The van der Waals surface area contributed by atoms with E-state index < -0.39 is 6.10 Å². The van der Waals surface area contributed by atoms with Gasteiger partial charge < -0.3 is 20.5 Å². The van der Waals surface area contributed by atoms with Crippen LogP contribution in [-0.2, 0) is 14.3 Å². The second-order valence-corrected chi connectivity index (χ2v) is 10.1. The molecule has 0 aromatic heterocycles. The Balaban J connectivity index is 1.57. The summed E-state index contributed by atoms with van der Waals surface area (Å²) in [7, 11) is 0. The molecule has 7 nitrogen and oxygen atoms in total. The number of hydrogen-bond acceptors (Lipinski definition) is 5. The van der Waals surface area contributed by atoms with E-state index in [-0.39, 0.29) is 46.9 Å². The molecule has 7 heteroatoms. The highest BCUT2D eigenvalue weighted by molar-refractivity contribution is 5.78. The second-order valence-electron chi connectivity index (χ2n) is 10.1. The van der Waals surface area contributed by atoms with Crippen molar-refractivity contribution >= 4 is 11.8 Å². The minimum absolute atomic E-state index is 0.00897. The summed E-state index contributed by atoms with van der Waals surface area (Å²) in [5.41, 5.74) is 0.0802. The Kier molecular flexibility index (Phi) is 7.80. The molecule has 2 aliphatic carbocycles. The van der Waals surface area contributed by atoms with E-state index in [1.807, 2.05) is 6.92 Å². The number of carbonyl (C=O) groups is 2. The van der Waals surface area contributed by atoms with Gasteiger partial charge in [0.15, 0.2) is 0 Å². The molecule has 1 heterocycles. The summed E-state index contributed by atoms with van der Waals surface area (Å²) in [6.45, 7) is 12.8. The van der Waals surface area contributed by atoms with Crippen LogP contribution in [0.3, 0.4) is 0 Å². The Hall–Kier alpha value is -1.18. The zero-order valence-corrected chi connectivity index (χ0v) is 19.2. The predicted molar refractivity (Wildman–Crippen MR) is 116 cm³/mol. The summed E-state index contributed by atoms with van der Waals surface area (Å²) in [6, 6.07) is 0.103. The molecule has 2 saturated carbocycles. The molecule has 1 aliphatic heterocycles. The van der Waals surface area contributed by atoms with Crippen molar-refractivity contribution < 1.29 is 19.4 Å². The van der Waals surface area contributed by atoms with Gasteiger partial charge in [0.2, 0.25) is 11.8 Å². The van der Waals surface area contributed by atoms with E-state index in [1.165, 1.54) is 0 Å². The number of morpholine rings is 1. The summed E-state index contributed by atoms with van der Waals surface area (Å²) in [5, 5.41) is 17.6. The van der Waals surface area contributed by atoms with Gasteiger partial charge in [0.05, 0.1) is 19.3 Å². The number of nitrogens with zero attached hydrogens (tertiary/aromatic N) is 1. The van der Waals surface area contributed by atoms with E-state index in [0.717, 1.165) is 58.5 Å². The molecular formula is C23H41N3O4. The van der Waals surface area contributed by atoms with Crippen LogP contribution >= 0.6 is 0 Å². The zero-order chi connectivity index (χ0) is 21.9. The molecule has 2 amide bonds. The first-order valence-corrected chi connectivity index (χ1v) is 11.8. The molecule has 0 bridgehead atoms.